The van der Waals surface area contributed by atoms with E-state index in [1.807, 2.05) is 0 Å². The first kappa shape index (κ1) is 16.8. The van der Waals surface area contributed by atoms with Crippen LogP contribution >= 0.6 is 15.9 Å². The largest absolute Gasteiger partial charge is 0.465 e. The minimum Gasteiger partial charge on any atom is -0.465 e. The van der Waals surface area contributed by atoms with Crippen LogP contribution in [0, 0.1) is 0 Å². The van der Waals surface area contributed by atoms with E-state index in [1.54, 1.807) is 7.05 Å². The molecule has 0 bridgehead atoms. The molecule has 0 atom stereocenters. The van der Waals surface area contributed by atoms with Gasteiger partial charge in [0.05, 0.1) is 18.2 Å². The van der Waals surface area contributed by atoms with E-state index in [4.69, 9.17) is 4.74 Å². The summed E-state index contributed by atoms with van der Waals surface area (Å²) in [7, 11) is 4.09. The first-order valence-electron chi connectivity index (χ1n) is 6.04. The molecule has 0 spiro atoms. The highest BCUT2D eigenvalue weighted by atomic mass is 79.9. The first-order chi connectivity index (χ1) is 10.2. The van der Waals surface area contributed by atoms with Gasteiger partial charge in [0.1, 0.15) is 23.5 Å². The van der Waals surface area contributed by atoms with Gasteiger partial charge in [0.25, 0.3) is 0 Å². The summed E-state index contributed by atoms with van der Waals surface area (Å²) in [5, 5.41) is 0. The van der Waals surface area contributed by atoms with Gasteiger partial charge in [0.2, 0.25) is 0 Å². The van der Waals surface area contributed by atoms with Crippen LogP contribution < -0.4 is 0 Å². The number of carbonyl (C=O) groups excluding carboxylic acids is 1. The van der Waals surface area contributed by atoms with E-state index in [0.29, 0.717) is 5.82 Å². The molecule has 5 nitrogen and oxygen atoms in total. The lowest BCUT2D eigenvalue weighted by atomic mass is 10.1. The molecule has 0 fully saturated rings. The van der Waals surface area contributed by atoms with Crippen molar-refractivity contribution >= 4 is 32.9 Å². The van der Waals surface area contributed by atoms with Crippen LogP contribution in [-0.4, -0.2) is 29.7 Å². The number of nitrogens with zero attached hydrogens (tertiary/aromatic N) is 2. The number of fused-ring (bicyclic) bond motifs is 1. The summed E-state index contributed by atoms with van der Waals surface area (Å²) in [6.45, 7) is 0.102. The maximum absolute atomic E-state index is 13.2. The van der Waals surface area contributed by atoms with E-state index in [-0.39, 0.29) is 27.7 Å². The van der Waals surface area contributed by atoms with Gasteiger partial charge < -0.3 is 14.0 Å². The number of halogens is 4. The number of methoxy groups -OCH3 is 2. The lowest BCUT2D eigenvalue weighted by Crippen LogP contribution is -2.12. The standard InChI is InChI=1S/C13H12BrF3N2O3/c1-19-7-4-6(13(15,16)17)10(14)9(12(20)22-3)11(7)18-8(19)5-21-2/h4H,5H2,1-3H3. The molecular weight excluding hydrogens is 369 g/mol. The molecule has 9 heteroatoms. The van der Waals surface area contributed by atoms with Crippen molar-refractivity contribution in [3.8, 4) is 0 Å². The Labute approximate surface area is 132 Å². The predicted octanol–water partition coefficient (Wildman–Crippen LogP) is 3.29. The number of carbonyl (C=O) groups is 1. The van der Waals surface area contributed by atoms with E-state index in [2.05, 4.69) is 25.7 Å². The number of esters is 1. The number of aryl methyl sites for hydroxylation is 1. The molecule has 120 valence electrons. The molecule has 0 N–H and O–H groups in total. The Morgan fingerprint density at radius 3 is 2.55 bits per heavy atom. The fraction of sp³-hybridized carbons (Fsp3) is 0.385. The summed E-state index contributed by atoms with van der Waals surface area (Å²) in [5.41, 5.74) is -0.929. The zero-order chi connectivity index (χ0) is 16.7. The molecule has 22 heavy (non-hydrogen) atoms. The van der Waals surface area contributed by atoms with Gasteiger partial charge in [-0.2, -0.15) is 13.2 Å². The Kier molecular flexibility index (Phi) is 4.48. The normalized spacial score (nSPS) is 12.0. The van der Waals surface area contributed by atoms with Gasteiger partial charge in [0, 0.05) is 18.6 Å². The molecule has 0 saturated heterocycles. The van der Waals surface area contributed by atoms with Gasteiger partial charge in [-0.15, -0.1) is 0 Å². The fourth-order valence-corrected chi connectivity index (χ4v) is 2.79. The second kappa shape index (κ2) is 5.88. The maximum Gasteiger partial charge on any atom is 0.417 e. The molecule has 0 unspecified atom stereocenters. The SMILES string of the molecule is COCc1nc2c(C(=O)OC)c(Br)c(C(F)(F)F)cc2n1C. The molecule has 1 aromatic carbocycles. The number of rotatable bonds is 3. The average Bonchev–Trinajstić information content (AvgIpc) is 2.73. The Morgan fingerprint density at radius 1 is 1.41 bits per heavy atom. The Morgan fingerprint density at radius 2 is 2.05 bits per heavy atom. The molecule has 0 aliphatic rings. The summed E-state index contributed by atoms with van der Waals surface area (Å²) in [6, 6.07) is 0.942. The minimum atomic E-state index is -4.62. The van der Waals surface area contributed by atoms with Crippen LogP contribution in [0.3, 0.4) is 0 Å². The topological polar surface area (TPSA) is 53.4 Å². The van der Waals surface area contributed by atoms with Crippen molar-refractivity contribution in [3.63, 3.8) is 0 Å². The third-order valence-corrected chi connectivity index (χ3v) is 4.00. The van der Waals surface area contributed by atoms with E-state index in [1.165, 1.54) is 11.7 Å². The Balaban J connectivity index is 2.90. The molecule has 2 rings (SSSR count). The molecule has 0 radical (unpaired) electrons. The molecule has 1 heterocycles. The monoisotopic (exact) mass is 380 g/mol. The fourth-order valence-electron chi connectivity index (χ4n) is 2.10. The van der Waals surface area contributed by atoms with E-state index in [0.717, 1.165) is 13.2 Å². The molecule has 0 aliphatic heterocycles. The second-order valence-corrected chi connectivity index (χ2v) is 5.28. The molecule has 1 aromatic heterocycles. The van der Waals surface area contributed by atoms with Crippen LogP contribution in [-0.2, 0) is 29.3 Å². The lowest BCUT2D eigenvalue weighted by Gasteiger charge is -2.13. The van der Waals surface area contributed by atoms with Crippen molar-refractivity contribution in [2.45, 2.75) is 12.8 Å². The summed E-state index contributed by atoms with van der Waals surface area (Å²) in [6.07, 6.45) is -4.62. The summed E-state index contributed by atoms with van der Waals surface area (Å²) >= 11 is 2.85. The van der Waals surface area contributed by atoms with Crippen LogP contribution in [0.4, 0.5) is 13.2 Å². The lowest BCUT2D eigenvalue weighted by molar-refractivity contribution is -0.138. The zero-order valence-corrected chi connectivity index (χ0v) is 13.5. The third kappa shape index (κ3) is 2.70. The number of hydrogen-bond acceptors (Lipinski definition) is 4. The highest BCUT2D eigenvalue weighted by molar-refractivity contribution is 9.10. The number of aromatic nitrogens is 2. The molecule has 2 aromatic rings. The third-order valence-electron chi connectivity index (χ3n) is 3.17. The van der Waals surface area contributed by atoms with Crippen LogP contribution in [0.2, 0.25) is 0 Å². The molecule has 0 aliphatic carbocycles. The number of hydrogen-bond donors (Lipinski definition) is 0. The van der Waals surface area contributed by atoms with Gasteiger partial charge in [-0.25, -0.2) is 9.78 Å². The summed E-state index contributed by atoms with van der Waals surface area (Å²) < 4.78 is 50.1. The van der Waals surface area contributed by atoms with Crippen LogP contribution in [0.25, 0.3) is 11.0 Å². The predicted molar refractivity (Wildman–Crippen MR) is 75.5 cm³/mol. The Hall–Kier alpha value is -1.61. The van der Waals surface area contributed by atoms with E-state index in [9.17, 15) is 18.0 Å². The van der Waals surface area contributed by atoms with Crippen molar-refractivity contribution < 1.29 is 27.4 Å². The van der Waals surface area contributed by atoms with Crippen molar-refractivity contribution in [3.05, 3.63) is 27.5 Å². The van der Waals surface area contributed by atoms with Crippen molar-refractivity contribution in [1.29, 1.82) is 0 Å². The van der Waals surface area contributed by atoms with E-state index < -0.39 is 17.7 Å². The second-order valence-electron chi connectivity index (χ2n) is 4.49. The van der Waals surface area contributed by atoms with Crippen molar-refractivity contribution in [2.24, 2.45) is 7.05 Å². The number of ether oxygens (including phenoxy) is 2. The Bertz CT molecular complexity index is 740. The van der Waals surface area contributed by atoms with Crippen LogP contribution in [0.15, 0.2) is 10.5 Å². The summed E-state index contributed by atoms with van der Waals surface area (Å²) in [4.78, 5) is 16.1. The van der Waals surface area contributed by atoms with Crippen LogP contribution in [0.5, 0.6) is 0 Å². The highest BCUT2D eigenvalue weighted by Gasteiger charge is 2.37. The van der Waals surface area contributed by atoms with Gasteiger partial charge in [0.15, 0.2) is 0 Å². The van der Waals surface area contributed by atoms with Crippen molar-refractivity contribution in [1.82, 2.24) is 9.55 Å². The van der Waals surface area contributed by atoms with Gasteiger partial charge in [-0.05, 0) is 22.0 Å². The van der Waals surface area contributed by atoms with Crippen LogP contribution in [0.1, 0.15) is 21.7 Å². The molecular formula is C13H12BrF3N2O3. The highest BCUT2D eigenvalue weighted by Crippen LogP contribution is 2.40. The molecule has 0 amide bonds. The number of imidazole rings is 1. The maximum atomic E-state index is 13.2. The minimum absolute atomic E-state index is 0.102. The van der Waals surface area contributed by atoms with Gasteiger partial charge >= 0.3 is 12.1 Å². The van der Waals surface area contributed by atoms with Crippen molar-refractivity contribution in [2.75, 3.05) is 14.2 Å². The zero-order valence-electron chi connectivity index (χ0n) is 11.9. The number of alkyl halides is 3. The first-order valence-corrected chi connectivity index (χ1v) is 6.83. The smallest absolute Gasteiger partial charge is 0.417 e. The van der Waals surface area contributed by atoms with Gasteiger partial charge in [-0.3, -0.25) is 0 Å². The quantitative estimate of drug-likeness (QED) is 0.766. The van der Waals surface area contributed by atoms with Gasteiger partial charge in [-0.1, -0.05) is 0 Å². The molecule has 0 saturated carbocycles. The number of benzene rings is 1. The average molecular weight is 381 g/mol. The van der Waals surface area contributed by atoms with E-state index >= 15 is 0 Å². The summed E-state index contributed by atoms with van der Waals surface area (Å²) in [5.74, 6) is -0.501.